The van der Waals surface area contributed by atoms with Crippen molar-refractivity contribution < 1.29 is 8.42 Å². The van der Waals surface area contributed by atoms with Gasteiger partial charge in [-0.05, 0) is 30.2 Å². The van der Waals surface area contributed by atoms with E-state index in [0.29, 0.717) is 22.9 Å². The van der Waals surface area contributed by atoms with Gasteiger partial charge in [0.05, 0.1) is 17.9 Å². The van der Waals surface area contributed by atoms with Crippen molar-refractivity contribution in [3.63, 3.8) is 0 Å². The van der Waals surface area contributed by atoms with Gasteiger partial charge in [0.2, 0.25) is 0 Å². The third-order valence-corrected chi connectivity index (χ3v) is 6.13. The lowest BCUT2D eigenvalue weighted by molar-refractivity contribution is 0.533. The number of hydrogen-bond donors (Lipinski definition) is 1. The highest BCUT2D eigenvalue weighted by molar-refractivity contribution is 7.92. The van der Waals surface area contributed by atoms with Crippen molar-refractivity contribution in [2.45, 2.75) is 44.6 Å². The molecule has 0 spiro atoms. The van der Waals surface area contributed by atoms with Crippen molar-refractivity contribution in [3.8, 4) is 0 Å². The predicted molar refractivity (Wildman–Crippen MR) is 113 cm³/mol. The van der Waals surface area contributed by atoms with Gasteiger partial charge in [0, 0.05) is 16.6 Å². The van der Waals surface area contributed by atoms with Gasteiger partial charge in [0.1, 0.15) is 4.90 Å². The molecular weight excluding hydrogens is 394 g/mol. The number of aryl methyl sites for hydroxylation is 1. The smallest absolute Gasteiger partial charge is 0.265 e. The van der Waals surface area contributed by atoms with Crippen molar-refractivity contribution in [3.05, 3.63) is 76.6 Å². The molecule has 0 saturated heterocycles. The quantitative estimate of drug-likeness (QED) is 0.635. The second-order valence-electron chi connectivity index (χ2n) is 7.84. The summed E-state index contributed by atoms with van der Waals surface area (Å²) in [6.07, 6.45) is 1.59. The standard InChI is InChI=1S/C21H24ClN3O2S/c1-15-10-11-17(12-18(15)22)24-28(26,27)19-14-25(23-20(19)21(2,3)4)13-16-8-6-5-7-9-16/h5-12,14,24H,13H2,1-4H3. The van der Waals surface area contributed by atoms with Gasteiger partial charge in [0.25, 0.3) is 10.0 Å². The summed E-state index contributed by atoms with van der Waals surface area (Å²) < 4.78 is 30.5. The zero-order chi connectivity index (χ0) is 20.5. The summed E-state index contributed by atoms with van der Waals surface area (Å²) in [4.78, 5) is 0.174. The third kappa shape index (κ3) is 4.56. The van der Waals surface area contributed by atoms with E-state index in [4.69, 9.17) is 11.6 Å². The van der Waals surface area contributed by atoms with Gasteiger partial charge in [0.15, 0.2) is 0 Å². The van der Waals surface area contributed by atoms with Crippen molar-refractivity contribution in [1.29, 1.82) is 0 Å². The van der Waals surface area contributed by atoms with Gasteiger partial charge in [-0.25, -0.2) is 8.42 Å². The van der Waals surface area contributed by atoms with E-state index >= 15 is 0 Å². The monoisotopic (exact) mass is 417 g/mol. The molecule has 0 aliphatic heterocycles. The number of benzene rings is 2. The zero-order valence-electron chi connectivity index (χ0n) is 16.4. The molecule has 0 unspecified atom stereocenters. The molecule has 7 heteroatoms. The highest BCUT2D eigenvalue weighted by Gasteiger charge is 2.30. The molecule has 3 aromatic rings. The number of aromatic nitrogens is 2. The van der Waals surface area contributed by atoms with Crippen LogP contribution >= 0.6 is 11.6 Å². The number of anilines is 1. The van der Waals surface area contributed by atoms with Crippen LogP contribution in [0.15, 0.2) is 59.6 Å². The first-order chi connectivity index (χ1) is 13.1. The molecule has 0 fully saturated rings. The number of hydrogen-bond acceptors (Lipinski definition) is 3. The van der Waals surface area contributed by atoms with Crippen LogP contribution < -0.4 is 4.72 Å². The number of nitrogens with zero attached hydrogens (tertiary/aromatic N) is 2. The molecule has 0 saturated carbocycles. The molecule has 5 nitrogen and oxygen atoms in total. The van der Waals surface area contributed by atoms with E-state index in [1.54, 1.807) is 29.1 Å². The lowest BCUT2D eigenvalue weighted by Crippen LogP contribution is -2.20. The molecule has 1 N–H and O–H groups in total. The maximum absolute atomic E-state index is 13.1. The average Bonchev–Trinajstić information content (AvgIpc) is 3.04. The maximum atomic E-state index is 13.1. The Balaban J connectivity index is 1.99. The Morgan fingerprint density at radius 3 is 2.39 bits per heavy atom. The molecule has 0 bridgehead atoms. The molecule has 1 aromatic heterocycles. The second kappa shape index (κ2) is 7.60. The van der Waals surface area contributed by atoms with Crippen molar-refractivity contribution in [2.24, 2.45) is 0 Å². The van der Waals surface area contributed by atoms with E-state index in [9.17, 15) is 8.42 Å². The van der Waals surface area contributed by atoms with Crippen LogP contribution in [-0.4, -0.2) is 18.2 Å². The lowest BCUT2D eigenvalue weighted by atomic mass is 9.92. The van der Waals surface area contributed by atoms with E-state index in [1.165, 1.54) is 0 Å². The Morgan fingerprint density at radius 1 is 1.11 bits per heavy atom. The van der Waals surface area contributed by atoms with E-state index in [2.05, 4.69) is 9.82 Å². The van der Waals surface area contributed by atoms with E-state index in [1.807, 2.05) is 58.0 Å². The van der Waals surface area contributed by atoms with Gasteiger partial charge in [-0.15, -0.1) is 0 Å². The topological polar surface area (TPSA) is 64.0 Å². The molecule has 3 rings (SSSR count). The summed E-state index contributed by atoms with van der Waals surface area (Å²) in [5, 5.41) is 5.10. The minimum Gasteiger partial charge on any atom is -0.279 e. The van der Waals surface area contributed by atoms with Crippen LogP contribution in [0.2, 0.25) is 5.02 Å². The summed E-state index contributed by atoms with van der Waals surface area (Å²) >= 11 is 6.14. The molecule has 0 radical (unpaired) electrons. The molecule has 148 valence electrons. The normalized spacial score (nSPS) is 12.2. The van der Waals surface area contributed by atoms with Gasteiger partial charge in [-0.1, -0.05) is 68.8 Å². The van der Waals surface area contributed by atoms with Crippen LogP contribution in [0.4, 0.5) is 5.69 Å². The SMILES string of the molecule is Cc1ccc(NS(=O)(=O)c2cn(Cc3ccccc3)nc2C(C)(C)C)cc1Cl. The summed E-state index contributed by atoms with van der Waals surface area (Å²) in [5.74, 6) is 0. The fourth-order valence-corrected chi connectivity index (χ4v) is 4.43. The highest BCUT2D eigenvalue weighted by atomic mass is 35.5. The Kier molecular flexibility index (Phi) is 5.55. The molecule has 0 aliphatic rings. The zero-order valence-corrected chi connectivity index (χ0v) is 18.0. The van der Waals surface area contributed by atoms with Crippen LogP contribution in [0.1, 0.15) is 37.6 Å². The van der Waals surface area contributed by atoms with Gasteiger partial charge in [-0.3, -0.25) is 9.40 Å². The highest BCUT2D eigenvalue weighted by Crippen LogP contribution is 2.30. The summed E-state index contributed by atoms with van der Waals surface area (Å²) in [6, 6.07) is 14.9. The molecule has 1 heterocycles. The molecule has 0 atom stereocenters. The fourth-order valence-electron chi connectivity index (χ4n) is 2.84. The first-order valence-electron chi connectivity index (χ1n) is 8.97. The van der Waals surface area contributed by atoms with Crippen LogP contribution in [0.3, 0.4) is 0 Å². The van der Waals surface area contributed by atoms with Crippen LogP contribution in [-0.2, 0) is 22.0 Å². The Bertz CT molecular complexity index is 1080. The summed E-state index contributed by atoms with van der Waals surface area (Å²) in [7, 11) is -3.82. The number of nitrogens with one attached hydrogen (secondary N) is 1. The van der Waals surface area contributed by atoms with E-state index in [0.717, 1.165) is 11.1 Å². The Labute approximate surface area is 171 Å². The van der Waals surface area contributed by atoms with Crippen LogP contribution in [0, 0.1) is 6.92 Å². The summed E-state index contributed by atoms with van der Waals surface area (Å²) in [6.45, 7) is 8.21. The molecule has 0 amide bonds. The molecule has 0 aliphatic carbocycles. The first kappa shape index (κ1) is 20.4. The van der Waals surface area contributed by atoms with Crippen molar-refractivity contribution in [1.82, 2.24) is 9.78 Å². The molecule has 2 aromatic carbocycles. The van der Waals surface area contributed by atoms with Crippen LogP contribution in [0.5, 0.6) is 0 Å². The molecular formula is C21H24ClN3O2S. The largest absolute Gasteiger partial charge is 0.279 e. The van der Waals surface area contributed by atoms with Gasteiger partial charge >= 0.3 is 0 Å². The lowest BCUT2D eigenvalue weighted by Gasteiger charge is -2.18. The van der Waals surface area contributed by atoms with Crippen LogP contribution in [0.25, 0.3) is 0 Å². The average molecular weight is 418 g/mol. The van der Waals surface area contributed by atoms with Crippen molar-refractivity contribution in [2.75, 3.05) is 4.72 Å². The maximum Gasteiger partial charge on any atom is 0.265 e. The van der Waals surface area contributed by atoms with Crippen molar-refractivity contribution >= 4 is 27.3 Å². The number of sulfonamides is 1. The van der Waals surface area contributed by atoms with E-state index in [-0.39, 0.29) is 4.90 Å². The van der Waals surface area contributed by atoms with Gasteiger partial charge in [-0.2, -0.15) is 5.10 Å². The fraction of sp³-hybridized carbons (Fsp3) is 0.286. The number of halogens is 1. The Hall–Kier alpha value is -2.31. The molecule has 28 heavy (non-hydrogen) atoms. The summed E-state index contributed by atoms with van der Waals surface area (Å²) in [5.41, 5.74) is 2.44. The Morgan fingerprint density at radius 2 is 1.79 bits per heavy atom. The third-order valence-electron chi connectivity index (χ3n) is 4.34. The van der Waals surface area contributed by atoms with Gasteiger partial charge < -0.3 is 0 Å². The first-order valence-corrected chi connectivity index (χ1v) is 10.8. The minimum absolute atomic E-state index is 0.174. The second-order valence-corrected chi connectivity index (χ2v) is 9.90. The predicted octanol–water partition coefficient (Wildman–Crippen LogP) is 4.99. The minimum atomic E-state index is -3.82. The number of rotatable bonds is 5. The van der Waals surface area contributed by atoms with E-state index < -0.39 is 15.4 Å².